The maximum atomic E-state index is 12.4. The van der Waals surface area contributed by atoms with Crippen LogP contribution in [0.1, 0.15) is 45.9 Å². The minimum atomic E-state index is -3.41. The van der Waals surface area contributed by atoms with Gasteiger partial charge in [-0.15, -0.1) is 0 Å². The first-order valence-corrected chi connectivity index (χ1v) is 12.5. The van der Waals surface area contributed by atoms with Crippen LogP contribution in [-0.2, 0) is 19.4 Å². The van der Waals surface area contributed by atoms with Crippen molar-refractivity contribution in [3.63, 3.8) is 0 Å². The lowest BCUT2D eigenvalue weighted by atomic mass is 9.99. The van der Waals surface area contributed by atoms with Crippen LogP contribution in [0, 0.1) is 16.7 Å². The molecule has 1 saturated carbocycles. The van der Waals surface area contributed by atoms with Crippen LogP contribution in [0.15, 0.2) is 35.4 Å². The van der Waals surface area contributed by atoms with Crippen molar-refractivity contribution in [3.8, 4) is 11.3 Å². The summed E-state index contributed by atoms with van der Waals surface area (Å²) in [5.74, 6) is -0.745. The highest BCUT2D eigenvalue weighted by atomic mass is 32.2. The molecule has 2 fully saturated rings. The molecule has 0 radical (unpaired) electrons. The van der Waals surface area contributed by atoms with E-state index in [1.807, 2.05) is 0 Å². The fourth-order valence-electron chi connectivity index (χ4n) is 4.31. The first-order chi connectivity index (χ1) is 16.1. The maximum absolute atomic E-state index is 12.4. The third-order valence-electron chi connectivity index (χ3n) is 6.20. The quantitative estimate of drug-likeness (QED) is 0.309. The Bertz CT molecular complexity index is 1270. The van der Waals surface area contributed by atoms with Gasteiger partial charge in [-0.2, -0.15) is 0 Å². The van der Waals surface area contributed by atoms with Crippen LogP contribution < -0.4 is 16.4 Å². The molecule has 1 aromatic heterocycles. The number of nitrogens with one attached hydrogen (secondary N) is 4. The lowest BCUT2D eigenvalue weighted by Gasteiger charge is -2.22. The van der Waals surface area contributed by atoms with E-state index in [0.717, 1.165) is 19.3 Å². The highest BCUT2D eigenvalue weighted by Crippen LogP contribution is 2.35. The number of rotatable bonds is 5. The van der Waals surface area contributed by atoms with Crippen LogP contribution in [0.2, 0.25) is 0 Å². The summed E-state index contributed by atoms with van der Waals surface area (Å²) in [6.45, 7) is 3.22. The third kappa shape index (κ3) is 4.64. The standard InChI is InChI=1S/C22H27N7O4S.5H2/c1-11(2)34(31,32)15-7-4-12(5-8-15)16-10-26-19(23)18(28-16)20(24)33-22(25)29-21(30)17-13-3-6-14(9-13)27-17;;;;;/h4-5,7-8,10-11,13-14,17,24,27H,3,6,9H2,1-2H3,(H2,23,26)(H2,25,29,30);5*1H/t13?,14?,17-;;;;;/m0...../s1. The smallest absolute Gasteiger partial charge is 0.295 e. The van der Waals surface area contributed by atoms with Gasteiger partial charge in [0, 0.05) is 18.7 Å². The molecule has 3 atom stereocenters. The van der Waals surface area contributed by atoms with Crippen molar-refractivity contribution >= 4 is 33.5 Å². The number of carbonyl (C=O) groups is 1. The lowest BCUT2D eigenvalue weighted by molar-refractivity contribution is -0.122. The summed E-state index contributed by atoms with van der Waals surface area (Å²) in [4.78, 5) is 21.0. The summed E-state index contributed by atoms with van der Waals surface area (Å²) in [6.07, 6.45) is 4.37. The highest BCUT2D eigenvalue weighted by molar-refractivity contribution is 7.92. The van der Waals surface area contributed by atoms with Crippen LogP contribution in [0.3, 0.4) is 0 Å². The Morgan fingerprint density at radius 2 is 1.97 bits per heavy atom. The number of sulfone groups is 1. The van der Waals surface area contributed by atoms with Gasteiger partial charge in [0.05, 0.1) is 28.1 Å². The van der Waals surface area contributed by atoms with Crippen LogP contribution in [-0.4, -0.2) is 53.5 Å². The SMILES string of the molecule is CC(C)S(=O)(=O)c1ccc(-c2cnc(N)c(C(=N)OC(=N)NC(=O)[C@H]3NC4CCC3C4)n2)cc1.[HH].[HH].[HH].[HH].[HH]. The Hall–Kier alpha value is -3.38. The molecule has 2 heterocycles. The Balaban J connectivity index is 0. The average molecular weight is 496 g/mol. The summed E-state index contributed by atoms with van der Waals surface area (Å²) in [7, 11) is -3.41. The summed E-state index contributed by atoms with van der Waals surface area (Å²) in [6, 6.07) is 5.52. The molecule has 2 unspecified atom stereocenters. The van der Waals surface area contributed by atoms with Crippen LogP contribution in [0.25, 0.3) is 11.3 Å². The average Bonchev–Trinajstić information content (AvgIpc) is 3.43. The predicted octanol–water partition coefficient (Wildman–Crippen LogP) is 2.67. The van der Waals surface area contributed by atoms with Crippen molar-refractivity contribution in [2.45, 2.75) is 55.3 Å². The van der Waals surface area contributed by atoms with Gasteiger partial charge in [0.25, 0.3) is 6.02 Å². The molecule has 4 rings (SSSR count). The predicted molar refractivity (Wildman–Crippen MR) is 137 cm³/mol. The van der Waals surface area contributed by atoms with Crippen LogP contribution >= 0.6 is 0 Å². The Labute approximate surface area is 204 Å². The molecule has 2 aromatic rings. The number of amidine groups is 1. The second kappa shape index (κ2) is 9.11. The zero-order valence-electron chi connectivity index (χ0n) is 18.8. The second-order valence-corrected chi connectivity index (χ2v) is 11.3. The minimum Gasteiger partial charge on any atom is -0.405 e. The zero-order valence-corrected chi connectivity index (χ0v) is 19.6. The summed E-state index contributed by atoms with van der Waals surface area (Å²) < 4.78 is 29.8. The molecule has 6 N–H and O–H groups in total. The molecule has 1 aliphatic carbocycles. The highest BCUT2D eigenvalue weighted by Gasteiger charge is 2.43. The Morgan fingerprint density at radius 3 is 2.56 bits per heavy atom. The first-order valence-electron chi connectivity index (χ1n) is 11.0. The normalized spacial score (nSPS) is 21.4. The van der Waals surface area contributed by atoms with E-state index in [1.165, 1.54) is 18.3 Å². The van der Waals surface area contributed by atoms with Gasteiger partial charge in [-0.1, -0.05) is 12.1 Å². The van der Waals surface area contributed by atoms with Crippen molar-refractivity contribution in [2.24, 2.45) is 5.92 Å². The second-order valence-electron chi connectivity index (χ2n) is 8.77. The summed E-state index contributed by atoms with van der Waals surface area (Å²) in [5, 5.41) is 21.2. The number of anilines is 1. The Morgan fingerprint density at radius 1 is 1.26 bits per heavy atom. The van der Waals surface area contributed by atoms with E-state index in [1.54, 1.807) is 26.0 Å². The molecule has 1 aliphatic heterocycles. The van der Waals surface area contributed by atoms with E-state index >= 15 is 0 Å². The number of aromatic nitrogens is 2. The topological polar surface area (TPSA) is 184 Å². The third-order valence-corrected chi connectivity index (χ3v) is 8.37. The summed E-state index contributed by atoms with van der Waals surface area (Å²) >= 11 is 0. The van der Waals surface area contributed by atoms with E-state index in [2.05, 4.69) is 20.6 Å². The molecule has 11 nitrogen and oxygen atoms in total. The lowest BCUT2D eigenvalue weighted by Crippen LogP contribution is -2.49. The maximum Gasteiger partial charge on any atom is 0.295 e. The number of carbonyl (C=O) groups excluding carboxylic acids is 1. The largest absolute Gasteiger partial charge is 0.405 e. The molecular formula is C22H37N7O4S. The number of nitrogens with zero attached hydrogens (tertiary/aromatic N) is 2. The monoisotopic (exact) mass is 495 g/mol. The molecule has 2 bridgehead atoms. The summed E-state index contributed by atoms with van der Waals surface area (Å²) in [5.41, 5.74) is 6.66. The van der Waals surface area contributed by atoms with E-state index in [9.17, 15) is 13.2 Å². The van der Waals surface area contributed by atoms with Gasteiger partial charge in [-0.25, -0.2) is 18.4 Å². The molecule has 2 aliphatic rings. The van der Waals surface area contributed by atoms with Crippen LogP contribution in [0.4, 0.5) is 5.82 Å². The van der Waals surface area contributed by atoms with Gasteiger partial charge in [-0.05, 0) is 51.2 Å². The molecule has 1 amide bonds. The van der Waals surface area contributed by atoms with Gasteiger partial charge in [-0.3, -0.25) is 20.9 Å². The van der Waals surface area contributed by atoms with Crippen molar-refractivity contribution in [3.05, 3.63) is 36.2 Å². The van der Waals surface area contributed by atoms with Crippen molar-refractivity contribution < 1.29 is 25.1 Å². The molecule has 190 valence electrons. The number of nitrogens with two attached hydrogens (primary N) is 1. The van der Waals surface area contributed by atoms with Crippen LogP contribution in [0.5, 0.6) is 0 Å². The van der Waals surface area contributed by atoms with Gasteiger partial charge in [0.2, 0.25) is 11.8 Å². The minimum absolute atomic E-state index is 0. The number of amides is 1. The number of nitrogen functional groups attached to an aromatic ring is 1. The van der Waals surface area contributed by atoms with Gasteiger partial charge in [0.1, 0.15) is 0 Å². The zero-order chi connectivity index (χ0) is 24.6. The molecule has 1 aromatic carbocycles. The molecule has 34 heavy (non-hydrogen) atoms. The van der Waals surface area contributed by atoms with Crippen molar-refractivity contribution in [1.82, 2.24) is 20.6 Å². The van der Waals surface area contributed by atoms with Gasteiger partial charge in [0.15, 0.2) is 21.3 Å². The number of piperidine rings is 1. The van der Waals surface area contributed by atoms with E-state index in [4.69, 9.17) is 21.3 Å². The van der Waals surface area contributed by atoms with E-state index in [0.29, 0.717) is 17.3 Å². The number of hydrogen-bond donors (Lipinski definition) is 5. The molecule has 12 heteroatoms. The van der Waals surface area contributed by atoms with Crippen molar-refractivity contribution in [2.75, 3.05) is 5.73 Å². The van der Waals surface area contributed by atoms with E-state index < -0.39 is 27.0 Å². The van der Waals surface area contributed by atoms with Crippen molar-refractivity contribution in [1.29, 1.82) is 10.8 Å². The first kappa shape index (κ1) is 23.8. The fourth-order valence-corrected chi connectivity index (χ4v) is 5.37. The fraction of sp³-hybridized carbons (Fsp3) is 0.409. The number of fused-ring (bicyclic) bond motifs is 2. The number of ether oxygens (including phenoxy) is 1. The molecule has 1 saturated heterocycles. The number of benzene rings is 1. The Kier molecular flexibility index (Phi) is 6.36. The molecule has 0 spiro atoms. The van der Waals surface area contributed by atoms with Gasteiger partial charge < -0.3 is 15.8 Å². The molecular weight excluding hydrogens is 458 g/mol. The number of hydrogen-bond acceptors (Lipinski definition) is 10. The van der Waals surface area contributed by atoms with E-state index in [-0.39, 0.29) is 41.4 Å². The van der Waals surface area contributed by atoms with Gasteiger partial charge >= 0.3 is 0 Å².